The minimum absolute atomic E-state index is 0.0146. The lowest BCUT2D eigenvalue weighted by molar-refractivity contribution is -0.148. The molecule has 1 amide bonds. The average Bonchev–Trinajstić information content (AvgIpc) is 2.63. The zero-order chi connectivity index (χ0) is 18.0. The lowest BCUT2D eigenvalue weighted by atomic mass is 10.1. The summed E-state index contributed by atoms with van der Waals surface area (Å²) < 4.78 is 10.4. The predicted molar refractivity (Wildman–Crippen MR) is 95.4 cm³/mol. The molecular weight excluding hydrogens is 365 g/mol. The van der Waals surface area contributed by atoms with Gasteiger partial charge in [-0.05, 0) is 29.8 Å². The monoisotopic (exact) mass is 379 g/mol. The van der Waals surface area contributed by atoms with E-state index in [1.54, 1.807) is 42.5 Å². The van der Waals surface area contributed by atoms with E-state index in [1.165, 1.54) is 12.0 Å². The number of carbonyl (C=O) groups is 2. The molecule has 3 rings (SSSR count). The molecule has 5 nitrogen and oxygen atoms in total. The molecular formula is C18H15Cl2NO4. The molecule has 7 heteroatoms. The number of esters is 1. The summed E-state index contributed by atoms with van der Waals surface area (Å²) in [5.41, 5.74) is 1.14. The molecule has 130 valence electrons. The van der Waals surface area contributed by atoms with Gasteiger partial charge in [0.1, 0.15) is 5.75 Å². The van der Waals surface area contributed by atoms with Crippen molar-refractivity contribution >= 4 is 40.8 Å². The van der Waals surface area contributed by atoms with Gasteiger partial charge in [-0.25, -0.2) is 4.79 Å². The highest BCUT2D eigenvalue weighted by Gasteiger charge is 2.34. The number of anilines is 1. The van der Waals surface area contributed by atoms with Crippen LogP contribution in [-0.2, 0) is 20.7 Å². The van der Waals surface area contributed by atoms with Gasteiger partial charge in [-0.15, -0.1) is 0 Å². The number of amides is 1. The minimum atomic E-state index is -0.884. The van der Waals surface area contributed by atoms with Gasteiger partial charge in [0, 0.05) is 10.0 Å². The van der Waals surface area contributed by atoms with E-state index in [2.05, 4.69) is 0 Å². The number of ether oxygens (including phenoxy) is 2. The van der Waals surface area contributed by atoms with Crippen molar-refractivity contribution in [3.05, 3.63) is 58.1 Å². The number of nitrogens with zero attached hydrogens (tertiary/aromatic N) is 1. The van der Waals surface area contributed by atoms with Crippen LogP contribution in [0.5, 0.6) is 5.75 Å². The molecule has 1 atom stereocenters. The van der Waals surface area contributed by atoms with Crippen LogP contribution in [0.15, 0.2) is 42.5 Å². The van der Waals surface area contributed by atoms with E-state index in [0.717, 1.165) is 0 Å². The van der Waals surface area contributed by atoms with Crippen molar-refractivity contribution in [2.45, 2.75) is 12.5 Å². The second-order valence-corrected chi connectivity index (χ2v) is 6.29. The van der Waals surface area contributed by atoms with Crippen molar-refractivity contribution in [1.29, 1.82) is 0 Å². The van der Waals surface area contributed by atoms with Crippen molar-refractivity contribution in [1.82, 2.24) is 0 Å². The highest BCUT2D eigenvalue weighted by atomic mass is 35.5. The fraction of sp³-hybridized carbons (Fsp3) is 0.222. The third kappa shape index (κ3) is 3.57. The molecule has 0 spiro atoms. The summed E-state index contributed by atoms with van der Waals surface area (Å²) in [6.45, 7) is 0.0601. The van der Waals surface area contributed by atoms with Crippen LogP contribution in [0.4, 0.5) is 5.69 Å². The van der Waals surface area contributed by atoms with E-state index in [-0.39, 0.29) is 18.9 Å². The van der Waals surface area contributed by atoms with Crippen LogP contribution in [0, 0.1) is 0 Å². The van der Waals surface area contributed by atoms with E-state index < -0.39 is 12.1 Å². The zero-order valence-corrected chi connectivity index (χ0v) is 14.9. The third-order valence-corrected chi connectivity index (χ3v) is 4.64. The van der Waals surface area contributed by atoms with E-state index in [4.69, 9.17) is 32.7 Å². The number of benzene rings is 2. The second-order valence-electron chi connectivity index (χ2n) is 5.48. The highest BCUT2D eigenvalue weighted by Crippen LogP contribution is 2.34. The van der Waals surface area contributed by atoms with Gasteiger partial charge in [-0.2, -0.15) is 0 Å². The summed E-state index contributed by atoms with van der Waals surface area (Å²) >= 11 is 12.3. The van der Waals surface area contributed by atoms with Crippen LogP contribution in [0.25, 0.3) is 0 Å². The van der Waals surface area contributed by atoms with Gasteiger partial charge in [0.15, 0.2) is 0 Å². The average molecular weight is 380 g/mol. The Kier molecular flexibility index (Phi) is 5.16. The number of rotatable bonds is 3. The molecule has 0 bridgehead atoms. The first-order chi connectivity index (χ1) is 12.0. The molecule has 1 aliphatic heterocycles. The maximum atomic E-state index is 12.9. The first-order valence-corrected chi connectivity index (χ1v) is 8.33. The number of fused-ring (bicyclic) bond motifs is 1. The molecule has 1 aliphatic rings. The Labute approximate surface area is 155 Å². The van der Waals surface area contributed by atoms with E-state index in [9.17, 15) is 9.59 Å². The lowest BCUT2D eigenvalue weighted by Gasteiger charge is -2.33. The Bertz CT molecular complexity index is 804. The fourth-order valence-electron chi connectivity index (χ4n) is 2.67. The van der Waals surface area contributed by atoms with Crippen LogP contribution in [0.1, 0.15) is 5.56 Å². The second kappa shape index (κ2) is 7.33. The molecule has 0 aliphatic carbocycles. The van der Waals surface area contributed by atoms with Crippen LogP contribution < -0.4 is 9.64 Å². The molecule has 0 aromatic heterocycles. The van der Waals surface area contributed by atoms with Crippen molar-refractivity contribution in [2.24, 2.45) is 0 Å². The van der Waals surface area contributed by atoms with Crippen LogP contribution in [-0.4, -0.2) is 31.6 Å². The number of para-hydroxylation sites is 2. The van der Waals surface area contributed by atoms with Gasteiger partial charge >= 0.3 is 5.97 Å². The topological polar surface area (TPSA) is 55.8 Å². The lowest BCUT2D eigenvalue weighted by Crippen LogP contribution is -2.48. The largest absolute Gasteiger partial charge is 0.475 e. The normalized spacial score (nSPS) is 16.0. The van der Waals surface area contributed by atoms with Crippen molar-refractivity contribution < 1.29 is 19.1 Å². The number of hydrogen-bond acceptors (Lipinski definition) is 4. The Hall–Kier alpha value is -2.24. The number of halogens is 2. The SMILES string of the molecule is COC(=O)[C@@H]1CN(C(=O)Cc2c(Cl)cccc2Cl)c2ccccc2O1. The number of methoxy groups -OCH3 is 1. The van der Waals surface area contributed by atoms with E-state index in [0.29, 0.717) is 27.0 Å². The molecule has 0 saturated heterocycles. The Morgan fingerprint density at radius 3 is 2.52 bits per heavy atom. The fourth-order valence-corrected chi connectivity index (χ4v) is 3.20. The summed E-state index contributed by atoms with van der Waals surface area (Å²) in [4.78, 5) is 26.3. The van der Waals surface area contributed by atoms with Crippen molar-refractivity contribution in [3.8, 4) is 5.75 Å². The summed E-state index contributed by atoms with van der Waals surface area (Å²) in [5, 5.41) is 0.846. The summed E-state index contributed by atoms with van der Waals surface area (Å²) in [5.74, 6) is -0.328. The Morgan fingerprint density at radius 2 is 1.84 bits per heavy atom. The van der Waals surface area contributed by atoms with Gasteiger partial charge in [-0.1, -0.05) is 41.4 Å². The van der Waals surface area contributed by atoms with Crippen molar-refractivity contribution in [3.63, 3.8) is 0 Å². The molecule has 2 aromatic rings. The van der Waals surface area contributed by atoms with Gasteiger partial charge in [0.2, 0.25) is 12.0 Å². The maximum absolute atomic E-state index is 12.9. The number of hydrogen-bond donors (Lipinski definition) is 0. The van der Waals surface area contributed by atoms with Crippen LogP contribution in [0.2, 0.25) is 10.0 Å². The Balaban J connectivity index is 1.91. The molecule has 25 heavy (non-hydrogen) atoms. The van der Waals surface area contributed by atoms with Crippen molar-refractivity contribution in [2.75, 3.05) is 18.6 Å². The van der Waals surface area contributed by atoms with Gasteiger partial charge in [0.25, 0.3) is 0 Å². The summed E-state index contributed by atoms with van der Waals surface area (Å²) in [6, 6.07) is 12.1. The minimum Gasteiger partial charge on any atom is -0.475 e. The summed E-state index contributed by atoms with van der Waals surface area (Å²) in [7, 11) is 1.28. The van der Waals surface area contributed by atoms with Gasteiger partial charge < -0.3 is 14.4 Å². The first kappa shape index (κ1) is 17.6. The van der Waals surface area contributed by atoms with Crippen LogP contribution in [0.3, 0.4) is 0 Å². The summed E-state index contributed by atoms with van der Waals surface area (Å²) in [6.07, 6.45) is -0.869. The molecule has 2 aromatic carbocycles. The highest BCUT2D eigenvalue weighted by molar-refractivity contribution is 6.36. The standard InChI is InChI=1S/C18H15Cl2NO4/c1-24-18(23)16-10-21(14-7-2-3-8-15(14)25-16)17(22)9-11-12(19)5-4-6-13(11)20/h2-8,16H,9-10H2,1H3/t16-/m0/s1. The van der Waals surface area contributed by atoms with E-state index in [1.807, 2.05) is 0 Å². The molecule has 0 radical (unpaired) electrons. The maximum Gasteiger partial charge on any atom is 0.348 e. The Morgan fingerprint density at radius 1 is 1.16 bits per heavy atom. The molecule has 0 fully saturated rings. The predicted octanol–water partition coefficient (Wildman–Crippen LogP) is 3.50. The van der Waals surface area contributed by atoms with Gasteiger partial charge in [0.05, 0.1) is 25.8 Å². The quantitative estimate of drug-likeness (QED) is 0.765. The van der Waals surface area contributed by atoms with Gasteiger partial charge in [-0.3, -0.25) is 4.79 Å². The first-order valence-electron chi connectivity index (χ1n) is 7.58. The number of carbonyl (C=O) groups excluding carboxylic acids is 2. The van der Waals surface area contributed by atoms with Crippen LogP contribution >= 0.6 is 23.2 Å². The third-order valence-electron chi connectivity index (χ3n) is 3.93. The smallest absolute Gasteiger partial charge is 0.348 e. The van der Waals surface area contributed by atoms with E-state index >= 15 is 0 Å². The molecule has 0 unspecified atom stereocenters. The zero-order valence-electron chi connectivity index (χ0n) is 13.4. The molecule has 0 saturated carbocycles. The molecule has 0 N–H and O–H groups in total. The molecule has 1 heterocycles.